The monoisotopic (exact) mass is 286 g/mol. The van der Waals surface area contributed by atoms with Gasteiger partial charge in [-0.15, -0.1) is 0 Å². The lowest BCUT2D eigenvalue weighted by Gasteiger charge is -2.16. The summed E-state index contributed by atoms with van der Waals surface area (Å²) in [6.45, 7) is 2.14. The number of phenols is 1. The Labute approximate surface area is 123 Å². The van der Waals surface area contributed by atoms with Gasteiger partial charge in [0.1, 0.15) is 24.0 Å². The van der Waals surface area contributed by atoms with Gasteiger partial charge in [-0.2, -0.15) is 0 Å². The topological polar surface area (TPSA) is 55.8 Å². The number of aromatic hydroxyl groups is 1. The summed E-state index contributed by atoms with van der Waals surface area (Å²) in [5.74, 6) is -0.217. The fourth-order valence-corrected chi connectivity index (χ4v) is 1.99. The van der Waals surface area contributed by atoms with Crippen molar-refractivity contribution in [2.45, 2.75) is 12.8 Å². The van der Waals surface area contributed by atoms with E-state index in [1.807, 2.05) is 31.2 Å². The highest BCUT2D eigenvalue weighted by atomic mass is 16.5. The molecular formula is C17H18O4. The van der Waals surface area contributed by atoms with E-state index in [0.717, 1.165) is 11.1 Å². The highest BCUT2D eigenvalue weighted by Gasteiger charge is 2.22. The maximum Gasteiger partial charge on any atom is 0.316 e. The standard InChI is InChI=1S/C17H18O4/c1-12-6-8-13(9-7-12)16(17(19)20-2)11-21-15-5-3-4-14(18)10-15/h3-10,16,18H,11H2,1-2H3. The van der Waals surface area contributed by atoms with E-state index < -0.39 is 5.92 Å². The number of aryl methyl sites for hydroxylation is 1. The Morgan fingerprint density at radius 2 is 1.90 bits per heavy atom. The van der Waals surface area contributed by atoms with Crippen LogP contribution in [0.3, 0.4) is 0 Å². The van der Waals surface area contributed by atoms with Crippen LogP contribution in [0.25, 0.3) is 0 Å². The maximum absolute atomic E-state index is 11.9. The molecule has 0 aromatic heterocycles. The summed E-state index contributed by atoms with van der Waals surface area (Å²) in [5.41, 5.74) is 1.96. The van der Waals surface area contributed by atoms with Crippen LogP contribution in [-0.2, 0) is 9.53 Å². The zero-order valence-electron chi connectivity index (χ0n) is 12.1. The zero-order chi connectivity index (χ0) is 15.2. The zero-order valence-corrected chi connectivity index (χ0v) is 12.1. The second-order valence-corrected chi connectivity index (χ2v) is 4.79. The molecule has 2 aromatic rings. The number of methoxy groups -OCH3 is 1. The molecule has 0 spiro atoms. The highest BCUT2D eigenvalue weighted by molar-refractivity contribution is 5.78. The Hall–Kier alpha value is -2.49. The van der Waals surface area contributed by atoms with E-state index in [9.17, 15) is 9.90 Å². The van der Waals surface area contributed by atoms with Gasteiger partial charge >= 0.3 is 5.97 Å². The molecule has 110 valence electrons. The molecule has 0 bridgehead atoms. The van der Waals surface area contributed by atoms with Crippen LogP contribution in [0.2, 0.25) is 0 Å². The molecular weight excluding hydrogens is 268 g/mol. The minimum Gasteiger partial charge on any atom is -0.508 e. The molecule has 0 aliphatic carbocycles. The summed E-state index contributed by atoms with van der Waals surface area (Å²) in [6.07, 6.45) is 0. The number of ether oxygens (including phenoxy) is 2. The largest absolute Gasteiger partial charge is 0.508 e. The Morgan fingerprint density at radius 3 is 2.52 bits per heavy atom. The second-order valence-electron chi connectivity index (χ2n) is 4.79. The highest BCUT2D eigenvalue weighted by Crippen LogP contribution is 2.22. The van der Waals surface area contributed by atoms with Crippen LogP contribution in [0.4, 0.5) is 0 Å². The summed E-state index contributed by atoms with van der Waals surface area (Å²) in [4.78, 5) is 11.9. The van der Waals surface area contributed by atoms with Crippen molar-refractivity contribution in [2.75, 3.05) is 13.7 Å². The van der Waals surface area contributed by atoms with Gasteiger partial charge in [0.05, 0.1) is 7.11 Å². The molecule has 4 heteroatoms. The quantitative estimate of drug-likeness (QED) is 0.858. The number of phenolic OH excluding ortho intramolecular Hbond substituents is 1. The lowest BCUT2D eigenvalue weighted by molar-refractivity contribution is -0.143. The van der Waals surface area contributed by atoms with E-state index in [1.165, 1.54) is 13.2 Å². The molecule has 21 heavy (non-hydrogen) atoms. The molecule has 1 N–H and O–H groups in total. The molecule has 1 unspecified atom stereocenters. The first-order valence-corrected chi connectivity index (χ1v) is 6.66. The van der Waals surface area contributed by atoms with Crippen LogP contribution in [0.1, 0.15) is 17.0 Å². The predicted octanol–water partition coefficient (Wildman–Crippen LogP) is 3.04. The SMILES string of the molecule is COC(=O)C(COc1cccc(O)c1)c1ccc(C)cc1. The van der Waals surface area contributed by atoms with Crippen molar-refractivity contribution in [1.29, 1.82) is 0 Å². The van der Waals surface area contributed by atoms with Gasteiger partial charge in [0.2, 0.25) is 0 Å². The molecule has 0 aliphatic heterocycles. The molecule has 0 saturated heterocycles. The Balaban J connectivity index is 2.13. The van der Waals surface area contributed by atoms with Crippen molar-refractivity contribution in [3.63, 3.8) is 0 Å². The van der Waals surface area contributed by atoms with Crippen LogP contribution in [0.5, 0.6) is 11.5 Å². The summed E-state index contributed by atoms with van der Waals surface area (Å²) >= 11 is 0. The van der Waals surface area contributed by atoms with Gasteiger partial charge in [0, 0.05) is 6.07 Å². The minimum atomic E-state index is -0.502. The number of carbonyl (C=O) groups is 1. The molecule has 0 radical (unpaired) electrons. The number of benzene rings is 2. The Kier molecular flexibility index (Phi) is 4.82. The van der Waals surface area contributed by atoms with E-state index >= 15 is 0 Å². The maximum atomic E-state index is 11.9. The number of hydrogen-bond donors (Lipinski definition) is 1. The molecule has 0 aliphatic rings. The van der Waals surface area contributed by atoms with Gasteiger partial charge in [-0.3, -0.25) is 4.79 Å². The lowest BCUT2D eigenvalue weighted by atomic mass is 9.99. The van der Waals surface area contributed by atoms with Crippen molar-refractivity contribution in [3.05, 3.63) is 59.7 Å². The van der Waals surface area contributed by atoms with Gasteiger partial charge < -0.3 is 14.6 Å². The van der Waals surface area contributed by atoms with E-state index in [1.54, 1.807) is 18.2 Å². The number of hydrogen-bond acceptors (Lipinski definition) is 4. The van der Waals surface area contributed by atoms with Gasteiger partial charge in [0.15, 0.2) is 0 Å². The fourth-order valence-electron chi connectivity index (χ4n) is 1.99. The van der Waals surface area contributed by atoms with Gasteiger partial charge in [0.25, 0.3) is 0 Å². The van der Waals surface area contributed by atoms with E-state index in [2.05, 4.69) is 0 Å². The molecule has 1 atom stereocenters. The van der Waals surface area contributed by atoms with Crippen molar-refractivity contribution in [1.82, 2.24) is 0 Å². The molecule has 4 nitrogen and oxygen atoms in total. The first-order valence-electron chi connectivity index (χ1n) is 6.66. The van der Waals surface area contributed by atoms with Crippen molar-refractivity contribution < 1.29 is 19.4 Å². The first kappa shape index (κ1) is 14.9. The van der Waals surface area contributed by atoms with Crippen molar-refractivity contribution in [2.24, 2.45) is 0 Å². The average molecular weight is 286 g/mol. The van der Waals surface area contributed by atoms with Crippen LogP contribution in [0.15, 0.2) is 48.5 Å². The summed E-state index contributed by atoms with van der Waals surface area (Å²) in [5, 5.41) is 9.41. The number of esters is 1. The van der Waals surface area contributed by atoms with E-state index in [0.29, 0.717) is 5.75 Å². The number of carbonyl (C=O) groups excluding carboxylic acids is 1. The van der Waals surface area contributed by atoms with Crippen LogP contribution < -0.4 is 4.74 Å². The van der Waals surface area contributed by atoms with Crippen molar-refractivity contribution >= 4 is 5.97 Å². The third kappa shape index (κ3) is 3.99. The summed E-state index contributed by atoms with van der Waals surface area (Å²) < 4.78 is 10.4. The average Bonchev–Trinajstić information content (AvgIpc) is 2.49. The Bertz CT molecular complexity index is 604. The molecule has 0 saturated carbocycles. The third-order valence-electron chi connectivity index (χ3n) is 3.20. The van der Waals surface area contributed by atoms with Crippen LogP contribution in [-0.4, -0.2) is 24.8 Å². The second kappa shape index (κ2) is 6.79. The predicted molar refractivity (Wildman–Crippen MR) is 79.5 cm³/mol. The molecule has 0 amide bonds. The summed E-state index contributed by atoms with van der Waals surface area (Å²) in [6, 6.07) is 14.1. The van der Waals surface area contributed by atoms with Gasteiger partial charge in [-0.1, -0.05) is 35.9 Å². The molecule has 0 fully saturated rings. The molecule has 2 aromatic carbocycles. The lowest BCUT2D eigenvalue weighted by Crippen LogP contribution is -2.21. The molecule has 0 heterocycles. The number of rotatable bonds is 5. The Morgan fingerprint density at radius 1 is 1.19 bits per heavy atom. The van der Waals surface area contributed by atoms with E-state index in [-0.39, 0.29) is 18.3 Å². The van der Waals surface area contributed by atoms with E-state index in [4.69, 9.17) is 9.47 Å². The van der Waals surface area contributed by atoms with Crippen LogP contribution >= 0.6 is 0 Å². The molecule has 2 rings (SSSR count). The van der Waals surface area contributed by atoms with Crippen LogP contribution in [0, 0.1) is 6.92 Å². The third-order valence-corrected chi connectivity index (χ3v) is 3.20. The minimum absolute atomic E-state index is 0.123. The smallest absolute Gasteiger partial charge is 0.316 e. The van der Waals surface area contributed by atoms with Gasteiger partial charge in [-0.05, 0) is 24.6 Å². The van der Waals surface area contributed by atoms with Gasteiger partial charge in [-0.25, -0.2) is 0 Å². The first-order chi connectivity index (χ1) is 10.1. The normalized spacial score (nSPS) is 11.7. The fraction of sp³-hybridized carbons (Fsp3) is 0.235. The van der Waals surface area contributed by atoms with Crippen molar-refractivity contribution in [3.8, 4) is 11.5 Å². The summed E-state index contributed by atoms with van der Waals surface area (Å²) in [7, 11) is 1.36.